The van der Waals surface area contributed by atoms with E-state index in [2.05, 4.69) is 10.2 Å². The SMILES string of the molecule is COc1cccc(-c2nnc(SCC(=O)N3CCCCCCC3)n2Cc2ccco2)c1. The molecule has 3 aromatic rings. The molecule has 1 aromatic carbocycles. The Bertz CT molecular complexity index is 979. The van der Waals surface area contributed by atoms with Crippen LogP contribution < -0.4 is 4.74 Å². The summed E-state index contributed by atoms with van der Waals surface area (Å²) in [7, 11) is 1.64. The van der Waals surface area contributed by atoms with Crippen LogP contribution >= 0.6 is 11.8 Å². The number of likely N-dealkylation sites (tertiary alicyclic amines) is 1. The van der Waals surface area contributed by atoms with E-state index in [0.29, 0.717) is 17.5 Å². The summed E-state index contributed by atoms with van der Waals surface area (Å²) in [4.78, 5) is 14.8. The molecular weight excluding hydrogens is 412 g/mol. The highest BCUT2D eigenvalue weighted by Gasteiger charge is 2.20. The van der Waals surface area contributed by atoms with E-state index in [4.69, 9.17) is 9.15 Å². The standard InChI is InChI=1S/C23H28N4O3S/c1-29-19-10-7-9-18(15-19)22-24-25-23(27(22)16-20-11-8-14-30-20)31-17-21(28)26-12-5-3-2-4-6-13-26/h7-11,14-15H,2-6,12-13,16-17H2,1H3. The van der Waals surface area contributed by atoms with Gasteiger partial charge in [0.1, 0.15) is 11.5 Å². The van der Waals surface area contributed by atoms with Crippen LogP contribution in [0.15, 0.2) is 52.2 Å². The lowest BCUT2D eigenvalue weighted by atomic mass is 10.1. The van der Waals surface area contributed by atoms with E-state index >= 15 is 0 Å². The molecule has 0 unspecified atom stereocenters. The lowest BCUT2D eigenvalue weighted by Crippen LogP contribution is -2.35. The van der Waals surface area contributed by atoms with Gasteiger partial charge in [0.05, 0.1) is 25.7 Å². The van der Waals surface area contributed by atoms with E-state index in [1.54, 1.807) is 13.4 Å². The van der Waals surface area contributed by atoms with E-state index in [9.17, 15) is 4.79 Å². The molecule has 164 valence electrons. The van der Waals surface area contributed by atoms with Crippen LogP contribution in [0.25, 0.3) is 11.4 Å². The van der Waals surface area contributed by atoms with Crippen molar-refractivity contribution in [2.45, 2.75) is 43.8 Å². The first kappa shape index (κ1) is 21.5. The Morgan fingerprint density at radius 1 is 1.10 bits per heavy atom. The van der Waals surface area contributed by atoms with Crippen LogP contribution in [0.3, 0.4) is 0 Å². The van der Waals surface area contributed by atoms with Crippen LogP contribution in [0.1, 0.15) is 37.9 Å². The molecule has 0 radical (unpaired) electrons. The molecule has 1 fully saturated rings. The van der Waals surface area contributed by atoms with Gasteiger partial charge in [0, 0.05) is 18.7 Å². The molecule has 7 nitrogen and oxygen atoms in total. The first-order valence-corrected chi connectivity index (χ1v) is 11.7. The molecule has 0 N–H and O–H groups in total. The Morgan fingerprint density at radius 3 is 2.65 bits per heavy atom. The third-order valence-electron chi connectivity index (χ3n) is 5.47. The topological polar surface area (TPSA) is 73.4 Å². The summed E-state index contributed by atoms with van der Waals surface area (Å²) >= 11 is 1.43. The number of nitrogens with zero attached hydrogens (tertiary/aromatic N) is 4. The summed E-state index contributed by atoms with van der Waals surface area (Å²) in [6, 6.07) is 11.5. The summed E-state index contributed by atoms with van der Waals surface area (Å²) in [5.41, 5.74) is 0.903. The quantitative estimate of drug-likeness (QED) is 0.505. The Labute approximate surface area is 186 Å². The molecule has 1 saturated heterocycles. The summed E-state index contributed by atoms with van der Waals surface area (Å²) in [6.45, 7) is 2.20. The van der Waals surface area contributed by atoms with E-state index in [1.165, 1.54) is 31.0 Å². The van der Waals surface area contributed by atoms with Crippen LogP contribution in [0.4, 0.5) is 0 Å². The zero-order chi connectivity index (χ0) is 21.5. The van der Waals surface area contributed by atoms with Gasteiger partial charge in [-0.25, -0.2) is 0 Å². The summed E-state index contributed by atoms with van der Waals surface area (Å²) in [6.07, 6.45) is 7.52. The molecule has 1 amide bonds. The molecule has 0 spiro atoms. The fraction of sp³-hybridized carbons (Fsp3) is 0.435. The highest BCUT2D eigenvalue weighted by Crippen LogP contribution is 2.28. The molecular formula is C23H28N4O3S. The zero-order valence-electron chi connectivity index (χ0n) is 17.8. The van der Waals surface area contributed by atoms with E-state index < -0.39 is 0 Å². The number of carbonyl (C=O) groups excluding carboxylic acids is 1. The summed E-state index contributed by atoms with van der Waals surface area (Å²) < 4.78 is 12.9. The number of thioether (sulfide) groups is 1. The molecule has 0 aliphatic carbocycles. The van der Waals surface area contributed by atoms with Crippen molar-refractivity contribution in [2.75, 3.05) is 26.0 Å². The molecule has 31 heavy (non-hydrogen) atoms. The van der Waals surface area contributed by atoms with Crippen LogP contribution in [0.2, 0.25) is 0 Å². The molecule has 4 rings (SSSR count). The second-order valence-corrected chi connectivity index (χ2v) is 8.58. The van der Waals surface area contributed by atoms with Gasteiger partial charge in [-0.2, -0.15) is 0 Å². The lowest BCUT2D eigenvalue weighted by molar-refractivity contribution is -0.128. The first-order chi connectivity index (χ1) is 15.2. The number of methoxy groups -OCH3 is 1. The number of benzene rings is 1. The highest BCUT2D eigenvalue weighted by atomic mass is 32.2. The fourth-order valence-electron chi connectivity index (χ4n) is 3.79. The summed E-state index contributed by atoms with van der Waals surface area (Å²) in [5, 5.41) is 9.54. The average Bonchev–Trinajstić information content (AvgIpc) is 3.42. The third-order valence-corrected chi connectivity index (χ3v) is 6.42. The van der Waals surface area contributed by atoms with Gasteiger partial charge in [-0.1, -0.05) is 43.2 Å². The first-order valence-electron chi connectivity index (χ1n) is 10.7. The number of hydrogen-bond donors (Lipinski definition) is 0. The minimum atomic E-state index is 0.169. The lowest BCUT2D eigenvalue weighted by Gasteiger charge is -2.24. The number of ether oxygens (including phenoxy) is 1. The van der Waals surface area contributed by atoms with Gasteiger partial charge in [-0.3, -0.25) is 9.36 Å². The van der Waals surface area contributed by atoms with Crippen LogP contribution in [-0.2, 0) is 11.3 Å². The molecule has 0 atom stereocenters. The number of hydrogen-bond acceptors (Lipinski definition) is 6. The van der Waals surface area contributed by atoms with Crippen molar-refractivity contribution in [1.29, 1.82) is 0 Å². The molecule has 8 heteroatoms. The van der Waals surface area contributed by atoms with Crippen molar-refractivity contribution in [2.24, 2.45) is 0 Å². The van der Waals surface area contributed by atoms with Crippen molar-refractivity contribution >= 4 is 17.7 Å². The van der Waals surface area contributed by atoms with Gasteiger partial charge >= 0.3 is 0 Å². The third kappa shape index (κ3) is 5.50. The smallest absolute Gasteiger partial charge is 0.233 e. The number of rotatable bonds is 7. The highest BCUT2D eigenvalue weighted by molar-refractivity contribution is 7.99. The molecule has 0 bridgehead atoms. The fourth-order valence-corrected chi connectivity index (χ4v) is 4.63. The van der Waals surface area contributed by atoms with Crippen molar-refractivity contribution in [1.82, 2.24) is 19.7 Å². The van der Waals surface area contributed by atoms with Crippen molar-refractivity contribution < 1.29 is 13.9 Å². The van der Waals surface area contributed by atoms with Gasteiger partial charge in [-0.05, 0) is 37.1 Å². The number of aromatic nitrogens is 3. The van der Waals surface area contributed by atoms with E-state index in [-0.39, 0.29) is 5.91 Å². The minimum Gasteiger partial charge on any atom is -0.497 e. The van der Waals surface area contributed by atoms with Gasteiger partial charge < -0.3 is 14.1 Å². The Kier molecular flexibility index (Phi) is 7.30. The van der Waals surface area contributed by atoms with Crippen LogP contribution in [-0.4, -0.2) is 51.5 Å². The number of carbonyl (C=O) groups is 1. The van der Waals surface area contributed by atoms with Gasteiger partial charge in [-0.15, -0.1) is 10.2 Å². The number of amides is 1. The minimum absolute atomic E-state index is 0.169. The molecule has 1 aliphatic heterocycles. The molecule has 1 aliphatic rings. The predicted octanol–water partition coefficient (Wildman–Crippen LogP) is 4.48. The van der Waals surface area contributed by atoms with Crippen LogP contribution in [0, 0.1) is 0 Å². The largest absolute Gasteiger partial charge is 0.497 e. The average molecular weight is 441 g/mol. The van der Waals surface area contributed by atoms with Crippen LogP contribution in [0.5, 0.6) is 5.75 Å². The maximum Gasteiger partial charge on any atom is 0.233 e. The molecule has 2 aromatic heterocycles. The van der Waals surface area contributed by atoms with Gasteiger partial charge in [0.2, 0.25) is 5.91 Å². The van der Waals surface area contributed by atoms with E-state index in [1.807, 2.05) is 45.9 Å². The maximum absolute atomic E-state index is 12.8. The van der Waals surface area contributed by atoms with Crippen molar-refractivity contribution in [3.8, 4) is 17.1 Å². The van der Waals surface area contributed by atoms with Gasteiger partial charge in [0.15, 0.2) is 11.0 Å². The van der Waals surface area contributed by atoms with Gasteiger partial charge in [0.25, 0.3) is 0 Å². The summed E-state index contributed by atoms with van der Waals surface area (Å²) in [5.74, 6) is 2.81. The van der Waals surface area contributed by atoms with Crippen molar-refractivity contribution in [3.05, 3.63) is 48.4 Å². The Hall–Kier alpha value is -2.74. The molecule has 0 saturated carbocycles. The second kappa shape index (κ2) is 10.5. The maximum atomic E-state index is 12.8. The monoisotopic (exact) mass is 440 g/mol. The normalized spacial score (nSPS) is 14.8. The number of furan rings is 1. The van der Waals surface area contributed by atoms with E-state index in [0.717, 1.165) is 48.8 Å². The molecule has 3 heterocycles. The second-order valence-electron chi connectivity index (χ2n) is 7.64. The zero-order valence-corrected chi connectivity index (χ0v) is 18.6. The Morgan fingerprint density at radius 2 is 1.90 bits per heavy atom. The predicted molar refractivity (Wildman–Crippen MR) is 120 cm³/mol. The Balaban J connectivity index is 1.53. The van der Waals surface area contributed by atoms with Crippen molar-refractivity contribution in [3.63, 3.8) is 0 Å².